The van der Waals surface area contributed by atoms with Crippen molar-refractivity contribution in [1.29, 1.82) is 0 Å². The molecule has 1 atom stereocenters. The number of nitrogens with one attached hydrogen (secondary N) is 2. The Morgan fingerprint density at radius 3 is 2.75 bits per heavy atom. The van der Waals surface area contributed by atoms with Crippen LogP contribution in [-0.2, 0) is 20.8 Å². The smallest absolute Gasteiger partial charge is 0.237 e. The largest absolute Gasteiger partial charge is 0.368 e. The zero-order valence-corrected chi connectivity index (χ0v) is 13.7. The molecule has 4 N–H and O–H groups in total. The van der Waals surface area contributed by atoms with Gasteiger partial charge in [0.25, 0.3) is 0 Å². The molecule has 1 saturated heterocycles. The molecule has 1 aromatic carbocycles. The minimum absolute atomic E-state index is 0.0322. The van der Waals surface area contributed by atoms with E-state index in [9.17, 15) is 14.4 Å². The van der Waals surface area contributed by atoms with Gasteiger partial charge in [-0.1, -0.05) is 30.3 Å². The van der Waals surface area contributed by atoms with E-state index < -0.39 is 11.9 Å². The zero-order valence-electron chi connectivity index (χ0n) is 13.7. The van der Waals surface area contributed by atoms with E-state index >= 15 is 0 Å². The number of hydrogen-bond acceptors (Lipinski definition) is 4. The van der Waals surface area contributed by atoms with Crippen LogP contribution in [0.15, 0.2) is 30.3 Å². The Morgan fingerprint density at radius 2 is 2.04 bits per heavy atom. The van der Waals surface area contributed by atoms with Crippen LogP contribution >= 0.6 is 0 Å². The number of hydrogen-bond donors (Lipinski definition) is 3. The maximum Gasteiger partial charge on any atom is 0.237 e. The molecular weight excluding hydrogens is 308 g/mol. The number of aryl methyl sites for hydroxylation is 1. The third-order valence-electron chi connectivity index (χ3n) is 4.03. The first-order chi connectivity index (χ1) is 11.6. The Hall–Kier alpha value is -2.41. The lowest BCUT2D eigenvalue weighted by atomic mass is 10.1. The summed E-state index contributed by atoms with van der Waals surface area (Å²) in [5.41, 5.74) is 6.27. The second-order valence-electron chi connectivity index (χ2n) is 5.88. The molecular formula is C17H24N4O3. The van der Waals surface area contributed by atoms with Crippen molar-refractivity contribution in [2.24, 2.45) is 5.73 Å². The van der Waals surface area contributed by atoms with Gasteiger partial charge < -0.3 is 16.4 Å². The van der Waals surface area contributed by atoms with Crippen molar-refractivity contribution in [2.75, 3.05) is 26.2 Å². The summed E-state index contributed by atoms with van der Waals surface area (Å²) in [7, 11) is 0. The molecule has 1 aliphatic heterocycles. The summed E-state index contributed by atoms with van der Waals surface area (Å²) in [4.78, 5) is 36.7. The molecule has 24 heavy (non-hydrogen) atoms. The quantitative estimate of drug-likeness (QED) is 0.592. The molecule has 1 heterocycles. The summed E-state index contributed by atoms with van der Waals surface area (Å²) in [5, 5.41) is 5.22. The van der Waals surface area contributed by atoms with Crippen molar-refractivity contribution in [3.05, 3.63) is 35.9 Å². The van der Waals surface area contributed by atoms with Gasteiger partial charge in [0, 0.05) is 13.1 Å². The van der Waals surface area contributed by atoms with Crippen LogP contribution in [-0.4, -0.2) is 54.8 Å². The highest BCUT2D eigenvalue weighted by Crippen LogP contribution is 2.11. The van der Waals surface area contributed by atoms with Gasteiger partial charge in [-0.3, -0.25) is 19.3 Å². The highest BCUT2D eigenvalue weighted by Gasteiger charge is 2.31. The first kappa shape index (κ1) is 17.9. The van der Waals surface area contributed by atoms with Crippen molar-refractivity contribution in [3.63, 3.8) is 0 Å². The van der Waals surface area contributed by atoms with Gasteiger partial charge in [0.15, 0.2) is 0 Å². The van der Waals surface area contributed by atoms with Gasteiger partial charge in [-0.25, -0.2) is 0 Å². The summed E-state index contributed by atoms with van der Waals surface area (Å²) < 4.78 is 0. The SMILES string of the molecule is NC(=O)CNC(=O)C[C@@H]1C(=O)NCCN1CCCc1ccccc1. The van der Waals surface area contributed by atoms with Gasteiger partial charge in [0.2, 0.25) is 17.7 Å². The Morgan fingerprint density at radius 1 is 1.29 bits per heavy atom. The lowest BCUT2D eigenvalue weighted by Crippen LogP contribution is -2.56. The standard InChI is InChI=1S/C17H24N4O3/c18-15(22)12-20-16(23)11-14-17(24)19-8-10-21(14)9-4-7-13-5-2-1-3-6-13/h1-3,5-6,14H,4,7-12H2,(H2,18,22)(H,19,24)(H,20,23)/t14-/m1/s1. The van der Waals surface area contributed by atoms with E-state index in [1.165, 1.54) is 5.56 Å². The maximum atomic E-state index is 12.1. The fourth-order valence-electron chi connectivity index (χ4n) is 2.82. The van der Waals surface area contributed by atoms with E-state index in [1.807, 2.05) is 23.1 Å². The van der Waals surface area contributed by atoms with Gasteiger partial charge in [-0.15, -0.1) is 0 Å². The number of benzene rings is 1. The molecule has 2 rings (SSSR count). The van der Waals surface area contributed by atoms with Crippen LogP contribution < -0.4 is 16.4 Å². The van der Waals surface area contributed by atoms with Crippen LogP contribution in [0.2, 0.25) is 0 Å². The number of amides is 3. The lowest BCUT2D eigenvalue weighted by Gasteiger charge is -2.34. The average molecular weight is 332 g/mol. The van der Waals surface area contributed by atoms with Crippen LogP contribution in [0.5, 0.6) is 0 Å². The molecule has 1 aromatic rings. The van der Waals surface area contributed by atoms with Crippen LogP contribution in [0.1, 0.15) is 18.4 Å². The minimum atomic E-state index is -0.601. The van der Waals surface area contributed by atoms with Crippen molar-refractivity contribution >= 4 is 17.7 Å². The first-order valence-electron chi connectivity index (χ1n) is 8.17. The number of nitrogens with zero attached hydrogens (tertiary/aromatic N) is 1. The fraction of sp³-hybridized carbons (Fsp3) is 0.471. The Labute approximate surface area is 141 Å². The molecule has 0 aromatic heterocycles. The third-order valence-corrected chi connectivity index (χ3v) is 4.03. The zero-order chi connectivity index (χ0) is 17.4. The predicted molar refractivity (Wildman–Crippen MR) is 90.0 cm³/mol. The lowest BCUT2D eigenvalue weighted by molar-refractivity contribution is -0.134. The molecule has 3 amide bonds. The number of rotatable bonds is 8. The fourth-order valence-corrected chi connectivity index (χ4v) is 2.82. The molecule has 0 radical (unpaired) electrons. The van der Waals surface area contributed by atoms with Gasteiger partial charge in [-0.05, 0) is 24.9 Å². The van der Waals surface area contributed by atoms with Crippen molar-refractivity contribution in [2.45, 2.75) is 25.3 Å². The van der Waals surface area contributed by atoms with E-state index in [2.05, 4.69) is 22.8 Å². The van der Waals surface area contributed by atoms with Crippen LogP contribution in [0.4, 0.5) is 0 Å². The maximum absolute atomic E-state index is 12.1. The number of carbonyl (C=O) groups excluding carboxylic acids is 3. The minimum Gasteiger partial charge on any atom is -0.368 e. The second-order valence-corrected chi connectivity index (χ2v) is 5.88. The van der Waals surface area contributed by atoms with E-state index in [4.69, 9.17) is 5.73 Å². The number of nitrogens with two attached hydrogens (primary N) is 1. The number of carbonyl (C=O) groups is 3. The Balaban J connectivity index is 1.84. The first-order valence-corrected chi connectivity index (χ1v) is 8.17. The van der Waals surface area contributed by atoms with Gasteiger partial charge >= 0.3 is 0 Å². The highest BCUT2D eigenvalue weighted by atomic mass is 16.2. The van der Waals surface area contributed by atoms with Crippen molar-refractivity contribution in [3.8, 4) is 0 Å². The predicted octanol–water partition coefficient (Wildman–Crippen LogP) is -0.589. The van der Waals surface area contributed by atoms with E-state index in [0.717, 1.165) is 19.4 Å². The second kappa shape index (κ2) is 9.02. The molecule has 7 heteroatoms. The van der Waals surface area contributed by atoms with Crippen LogP contribution in [0, 0.1) is 0 Å². The summed E-state index contributed by atoms with van der Waals surface area (Å²) >= 11 is 0. The van der Waals surface area contributed by atoms with Crippen molar-refractivity contribution < 1.29 is 14.4 Å². The summed E-state index contributed by atoms with van der Waals surface area (Å²) in [6.07, 6.45) is 1.88. The monoisotopic (exact) mass is 332 g/mol. The van der Waals surface area contributed by atoms with Crippen LogP contribution in [0.25, 0.3) is 0 Å². The molecule has 0 unspecified atom stereocenters. The van der Waals surface area contributed by atoms with Crippen LogP contribution in [0.3, 0.4) is 0 Å². The van der Waals surface area contributed by atoms with Gasteiger partial charge in [0.1, 0.15) is 0 Å². The van der Waals surface area contributed by atoms with Crippen molar-refractivity contribution in [1.82, 2.24) is 15.5 Å². The molecule has 0 saturated carbocycles. The van der Waals surface area contributed by atoms with E-state index in [0.29, 0.717) is 13.1 Å². The summed E-state index contributed by atoms with van der Waals surface area (Å²) in [6.45, 7) is 1.84. The molecule has 0 spiro atoms. The van der Waals surface area contributed by atoms with E-state index in [1.54, 1.807) is 0 Å². The third kappa shape index (κ3) is 5.66. The van der Waals surface area contributed by atoms with E-state index in [-0.39, 0.29) is 24.8 Å². The summed E-state index contributed by atoms with van der Waals surface area (Å²) in [6, 6.07) is 9.67. The molecule has 1 aliphatic rings. The highest BCUT2D eigenvalue weighted by molar-refractivity contribution is 5.90. The topological polar surface area (TPSA) is 105 Å². The molecule has 0 aliphatic carbocycles. The summed E-state index contributed by atoms with van der Waals surface area (Å²) in [5.74, 6) is -1.09. The molecule has 0 bridgehead atoms. The number of primary amides is 1. The van der Waals surface area contributed by atoms with Gasteiger partial charge in [-0.2, -0.15) is 0 Å². The Bertz CT molecular complexity index is 576. The molecule has 7 nitrogen and oxygen atoms in total. The normalized spacial score (nSPS) is 18.0. The molecule has 1 fully saturated rings. The average Bonchev–Trinajstić information content (AvgIpc) is 2.57. The Kier molecular flexibility index (Phi) is 6.74. The molecule has 130 valence electrons. The number of piperazine rings is 1. The van der Waals surface area contributed by atoms with Gasteiger partial charge in [0.05, 0.1) is 19.0 Å².